The number of benzene rings is 2. The number of hydrogen-bond acceptors (Lipinski definition) is 2. The zero-order valence-corrected chi connectivity index (χ0v) is 11.2. The molecule has 2 aromatic carbocycles. The molecule has 1 amide bonds. The fraction of sp³-hybridized carbons (Fsp3) is 0.133. The van der Waals surface area contributed by atoms with Crippen molar-refractivity contribution in [1.82, 2.24) is 0 Å². The summed E-state index contributed by atoms with van der Waals surface area (Å²) < 4.78 is 26.0. The van der Waals surface area contributed by atoms with Gasteiger partial charge >= 0.3 is 0 Å². The average Bonchev–Trinajstić information content (AvgIpc) is 2.83. The van der Waals surface area contributed by atoms with Gasteiger partial charge in [0.25, 0.3) is 0 Å². The molecule has 0 spiro atoms. The van der Waals surface area contributed by atoms with Gasteiger partial charge in [-0.1, -0.05) is 12.1 Å². The molecule has 3 rings (SSSR count). The molecule has 0 bridgehead atoms. The second-order valence-electron chi connectivity index (χ2n) is 4.46. The minimum absolute atomic E-state index is 0.0315. The van der Waals surface area contributed by atoms with E-state index in [1.165, 1.54) is 36.0 Å². The number of carbonyl (C=O) groups excluding carboxylic acids is 1. The van der Waals surface area contributed by atoms with E-state index in [2.05, 4.69) is 0 Å². The average molecular weight is 291 g/mol. The third-order valence-electron chi connectivity index (χ3n) is 3.13. The van der Waals surface area contributed by atoms with Crippen molar-refractivity contribution in [3.63, 3.8) is 0 Å². The monoisotopic (exact) mass is 291 g/mol. The third-order valence-corrected chi connectivity index (χ3v) is 4.34. The Balaban J connectivity index is 1.96. The van der Waals surface area contributed by atoms with Gasteiger partial charge in [0.15, 0.2) is 0 Å². The van der Waals surface area contributed by atoms with Crippen LogP contribution in [0.3, 0.4) is 0 Å². The first-order chi connectivity index (χ1) is 9.65. The Hall–Kier alpha value is -1.88. The molecular weight excluding hydrogens is 280 g/mol. The van der Waals surface area contributed by atoms with Crippen LogP contribution in [0.25, 0.3) is 0 Å². The van der Waals surface area contributed by atoms with E-state index in [9.17, 15) is 13.6 Å². The highest BCUT2D eigenvalue weighted by molar-refractivity contribution is 8.00. The SMILES string of the molecule is O=C1CSC(c2ccc(F)cc2)N1c1ccc(F)cc1. The number of carbonyl (C=O) groups is 1. The van der Waals surface area contributed by atoms with E-state index in [1.807, 2.05) is 0 Å². The standard InChI is InChI=1S/C15H11F2NOS/c16-11-3-1-10(2-4-11)15-18(14(19)9-20-15)13-7-5-12(17)6-8-13/h1-8,15H,9H2. The van der Waals surface area contributed by atoms with Crippen molar-refractivity contribution in [2.45, 2.75) is 5.37 Å². The Bertz CT molecular complexity index is 627. The maximum absolute atomic E-state index is 13.0. The molecule has 20 heavy (non-hydrogen) atoms. The lowest BCUT2D eigenvalue weighted by Gasteiger charge is -2.24. The fourth-order valence-electron chi connectivity index (χ4n) is 2.18. The van der Waals surface area contributed by atoms with E-state index in [0.717, 1.165) is 5.56 Å². The number of thioether (sulfide) groups is 1. The second kappa shape index (κ2) is 5.25. The van der Waals surface area contributed by atoms with Crippen LogP contribution in [0.2, 0.25) is 0 Å². The van der Waals surface area contributed by atoms with E-state index < -0.39 is 0 Å². The molecule has 1 saturated heterocycles. The van der Waals surface area contributed by atoms with Gasteiger partial charge in [0.2, 0.25) is 5.91 Å². The summed E-state index contributed by atoms with van der Waals surface area (Å²) in [4.78, 5) is 13.7. The van der Waals surface area contributed by atoms with Crippen LogP contribution in [0.15, 0.2) is 48.5 Å². The van der Waals surface area contributed by atoms with E-state index >= 15 is 0 Å². The molecule has 1 unspecified atom stereocenters. The largest absolute Gasteiger partial charge is 0.295 e. The van der Waals surface area contributed by atoms with E-state index in [1.54, 1.807) is 29.2 Å². The Kier molecular flexibility index (Phi) is 3.44. The normalized spacial score (nSPS) is 18.6. The number of amides is 1. The topological polar surface area (TPSA) is 20.3 Å². The highest BCUT2D eigenvalue weighted by Gasteiger charge is 2.33. The molecule has 2 nitrogen and oxygen atoms in total. The molecular formula is C15H11F2NOS. The predicted molar refractivity (Wildman–Crippen MR) is 75.5 cm³/mol. The second-order valence-corrected chi connectivity index (χ2v) is 5.52. The summed E-state index contributed by atoms with van der Waals surface area (Å²) in [7, 11) is 0. The van der Waals surface area contributed by atoms with Crippen LogP contribution in [0.1, 0.15) is 10.9 Å². The van der Waals surface area contributed by atoms with Crippen LogP contribution in [0, 0.1) is 11.6 Å². The number of nitrogens with zero attached hydrogens (tertiary/aromatic N) is 1. The Labute approximate surface area is 119 Å². The third kappa shape index (κ3) is 2.41. The summed E-state index contributed by atoms with van der Waals surface area (Å²) in [6, 6.07) is 11.9. The van der Waals surface area contributed by atoms with Crippen LogP contribution in [0.5, 0.6) is 0 Å². The first kappa shape index (κ1) is 13.1. The summed E-state index contributed by atoms with van der Waals surface area (Å²) >= 11 is 1.48. The fourth-order valence-corrected chi connectivity index (χ4v) is 3.36. The molecule has 0 aliphatic carbocycles. The van der Waals surface area contributed by atoms with Crippen molar-refractivity contribution in [3.05, 3.63) is 65.7 Å². The molecule has 5 heteroatoms. The van der Waals surface area contributed by atoms with Gasteiger partial charge in [0.05, 0.1) is 5.75 Å². The lowest BCUT2D eigenvalue weighted by molar-refractivity contribution is -0.115. The van der Waals surface area contributed by atoms with Crippen LogP contribution in [-0.4, -0.2) is 11.7 Å². The van der Waals surface area contributed by atoms with Gasteiger partial charge in [-0.25, -0.2) is 8.78 Å². The molecule has 102 valence electrons. The van der Waals surface area contributed by atoms with Gasteiger partial charge in [0, 0.05) is 5.69 Å². The molecule has 0 radical (unpaired) electrons. The van der Waals surface area contributed by atoms with Gasteiger partial charge < -0.3 is 0 Å². The highest BCUT2D eigenvalue weighted by atomic mass is 32.2. The molecule has 1 heterocycles. The van der Waals surface area contributed by atoms with Crippen LogP contribution >= 0.6 is 11.8 Å². The Morgan fingerprint density at radius 3 is 2.10 bits per heavy atom. The van der Waals surface area contributed by atoms with Gasteiger partial charge in [-0.2, -0.15) is 0 Å². The Morgan fingerprint density at radius 2 is 1.50 bits per heavy atom. The maximum atomic E-state index is 13.0. The summed E-state index contributed by atoms with van der Waals surface area (Å²) in [6.45, 7) is 0. The molecule has 1 aliphatic rings. The number of hydrogen-bond donors (Lipinski definition) is 0. The smallest absolute Gasteiger partial charge is 0.238 e. The zero-order valence-electron chi connectivity index (χ0n) is 10.4. The predicted octanol–water partition coefficient (Wildman–Crippen LogP) is 3.74. The van der Waals surface area contributed by atoms with Crippen molar-refractivity contribution in [2.75, 3.05) is 10.7 Å². The van der Waals surface area contributed by atoms with E-state index in [4.69, 9.17) is 0 Å². The quantitative estimate of drug-likeness (QED) is 0.840. The maximum Gasteiger partial charge on any atom is 0.238 e. The first-order valence-corrected chi connectivity index (χ1v) is 7.15. The number of rotatable bonds is 2. The lowest BCUT2D eigenvalue weighted by Crippen LogP contribution is -2.27. The molecule has 1 atom stereocenters. The van der Waals surface area contributed by atoms with Gasteiger partial charge in [-0.15, -0.1) is 11.8 Å². The number of halogens is 2. The van der Waals surface area contributed by atoms with Gasteiger partial charge in [-0.05, 0) is 42.0 Å². The van der Waals surface area contributed by atoms with Gasteiger partial charge in [0.1, 0.15) is 17.0 Å². The van der Waals surface area contributed by atoms with Crippen molar-refractivity contribution in [3.8, 4) is 0 Å². The van der Waals surface area contributed by atoms with E-state index in [0.29, 0.717) is 11.4 Å². The molecule has 1 fully saturated rings. The number of anilines is 1. The van der Waals surface area contributed by atoms with Crippen LogP contribution in [-0.2, 0) is 4.79 Å². The highest BCUT2D eigenvalue weighted by Crippen LogP contribution is 2.41. The zero-order chi connectivity index (χ0) is 14.1. The van der Waals surface area contributed by atoms with Crippen molar-refractivity contribution < 1.29 is 13.6 Å². The Morgan fingerprint density at radius 1 is 0.950 bits per heavy atom. The van der Waals surface area contributed by atoms with Crippen molar-refractivity contribution >= 4 is 23.4 Å². The van der Waals surface area contributed by atoms with Gasteiger partial charge in [-0.3, -0.25) is 9.69 Å². The summed E-state index contributed by atoms with van der Waals surface area (Å²) in [5.74, 6) is -0.321. The minimum Gasteiger partial charge on any atom is -0.295 e. The van der Waals surface area contributed by atoms with Crippen molar-refractivity contribution in [1.29, 1.82) is 0 Å². The molecule has 0 aromatic heterocycles. The van der Waals surface area contributed by atoms with Crippen molar-refractivity contribution in [2.24, 2.45) is 0 Å². The summed E-state index contributed by atoms with van der Waals surface area (Å²) in [5.41, 5.74) is 1.50. The van der Waals surface area contributed by atoms with Crippen LogP contribution < -0.4 is 4.90 Å². The summed E-state index contributed by atoms with van der Waals surface area (Å²) in [5, 5.41) is -0.200. The molecule has 1 aliphatic heterocycles. The molecule has 2 aromatic rings. The minimum atomic E-state index is -0.341. The molecule has 0 N–H and O–H groups in total. The summed E-state index contributed by atoms with van der Waals surface area (Å²) in [6.07, 6.45) is 0. The van der Waals surface area contributed by atoms with E-state index in [-0.39, 0.29) is 22.9 Å². The first-order valence-electron chi connectivity index (χ1n) is 6.10. The molecule has 0 saturated carbocycles. The lowest BCUT2D eigenvalue weighted by atomic mass is 10.2. The van der Waals surface area contributed by atoms with Crippen LogP contribution in [0.4, 0.5) is 14.5 Å².